The molecule has 0 spiro atoms. The van der Waals surface area contributed by atoms with Crippen LogP contribution in [-0.4, -0.2) is 43.5 Å². The molecule has 0 N–H and O–H groups in total. The van der Waals surface area contributed by atoms with Crippen molar-refractivity contribution in [3.8, 4) is 0 Å². The van der Waals surface area contributed by atoms with Crippen LogP contribution in [0, 0.1) is 0 Å². The maximum Gasteiger partial charge on any atom is 0.255 e. The van der Waals surface area contributed by atoms with Crippen LogP contribution in [0.1, 0.15) is 10.4 Å². The van der Waals surface area contributed by atoms with Gasteiger partial charge in [0.15, 0.2) is 0 Å². The molecule has 0 unspecified atom stereocenters. The lowest BCUT2D eigenvalue weighted by Crippen LogP contribution is -2.35. The number of benzene rings is 1. The molecule has 0 fully saturated rings. The Labute approximate surface area is 121 Å². The molecule has 0 bridgehead atoms. The minimum Gasteiger partial charge on any atom is -0.383 e. The van der Waals surface area contributed by atoms with E-state index in [0.717, 1.165) is 15.6 Å². The first kappa shape index (κ1) is 14.3. The smallest absolute Gasteiger partial charge is 0.255 e. The van der Waals surface area contributed by atoms with E-state index in [-0.39, 0.29) is 5.91 Å². The zero-order chi connectivity index (χ0) is 13.7. The van der Waals surface area contributed by atoms with Gasteiger partial charge in [0.25, 0.3) is 5.91 Å². The second-order valence-corrected chi connectivity index (χ2v) is 5.41. The lowest BCUT2D eigenvalue weighted by Gasteiger charge is -2.21. The van der Waals surface area contributed by atoms with Crippen LogP contribution < -0.4 is 0 Å². The van der Waals surface area contributed by atoms with Crippen LogP contribution >= 0.6 is 22.9 Å². The van der Waals surface area contributed by atoms with E-state index < -0.39 is 0 Å². The fourth-order valence-electron chi connectivity index (χ4n) is 1.93. The molecule has 5 heteroatoms. The highest BCUT2D eigenvalue weighted by molar-refractivity contribution is 7.17. The molecule has 2 aromatic rings. The van der Waals surface area contributed by atoms with Gasteiger partial charge in [0.1, 0.15) is 0 Å². The molecular formula is C14H16ClNO2S. The van der Waals surface area contributed by atoms with Gasteiger partial charge in [0.2, 0.25) is 0 Å². The summed E-state index contributed by atoms with van der Waals surface area (Å²) in [7, 11) is 1.63. The van der Waals surface area contributed by atoms with Crippen LogP contribution in [0.2, 0.25) is 0 Å². The number of rotatable bonds is 6. The minimum atomic E-state index is 0.0233. The van der Waals surface area contributed by atoms with Gasteiger partial charge in [-0.15, -0.1) is 22.9 Å². The van der Waals surface area contributed by atoms with Crippen molar-refractivity contribution in [2.24, 2.45) is 0 Å². The third-order valence-corrected chi connectivity index (χ3v) is 4.05. The molecule has 0 saturated heterocycles. The Morgan fingerprint density at radius 3 is 2.89 bits per heavy atom. The van der Waals surface area contributed by atoms with Crippen LogP contribution in [0.4, 0.5) is 0 Å². The fraction of sp³-hybridized carbons (Fsp3) is 0.357. The number of methoxy groups -OCH3 is 1. The summed E-state index contributed by atoms with van der Waals surface area (Å²) in [6.45, 7) is 1.62. The SMILES string of the molecule is COCCN(CCCl)C(=O)c1csc2ccccc12. The normalized spacial score (nSPS) is 10.8. The number of alkyl halides is 1. The van der Waals surface area contributed by atoms with Crippen molar-refractivity contribution in [1.82, 2.24) is 4.90 Å². The second kappa shape index (κ2) is 6.89. The van der Waals surface area contributed by atoms with Gasteiger partial charge in [-0.05, 0) is 6.07 Å². The molecule has 1 aromatic heterocycles. The standard InChI is InChI=1S/C14H16ClNO2S/c1-18-9-8-16(7-6-15)14(17)12-10-19-13-5-3-2-4-11(12)13/h2-5,10H,6-9H2,1H3. The first-order valence-corrected chi connectivity index (χ1v) is 7.49. The van der Waals surface area contributed by atoms with E-state index in [1.807, 2.05) is 29.6 Å². The largest absolute Gasteiger partial charge is 0.383 e. The number of halogens is 1. The Balaban J connectivity index is 2.25. The monoisotopic (exact) mass is 297 g/mol. The molecule has 1 aromatic carbocycles. The average molecular weight is 298 g/mol. The van der Waals surface area contributed by atoms with E-state index in [2.05, 4.69) is 0 Å². The number of fused-ring (bicyclic) bond motifs is 1. The van der Waals surface area contributed by atoms with E-state index in [1.54, 1.807) is 23.3 Å². The summed E-state index contributed by atoms with van der Waals surface area (Å²) in [4.78, 5) is 14.3. The average Bonchev–Trinajstić information content (AvgIpc) is 2.86. The maximum absolute atomic E-state index is 12.5. The predicted octanol–water partition coefficient (Wildman–Crippen LogP) is 3.23. The van der Waals surface area contributed by atoms with Gasteiger partial charge in [-0.2, -0.15) is 0 Å². The van der Waals surface area contributed by atoms with Gasteiger partial charge >= 0.3 is 0 Å². The van der Waals surface area contributed by atoms with Crippen molar-refractivity contribution in [3.63, 3.8) is 0 Å². The molecular weight excluding hydrogens is 282 g/mol. The molecule has 102 valence electrons. The number of amides is 1. The predicted molar refractivity (Wildman–Crippen MR) is 80.3 cm³/mol. The molecule has 19 heavy (non-hydrogen) atoms. The van der Waals surface area contributed by atoms with Crippen LogP contribution in [-0.2, 0) is 4.74 Å². The quantitative estimate of drug-likeness (QED) is 0.766. The molecule has 0 aliphatic heterocycles. The number of thiophene rings is 1. The van der Waals surface area contributed by atoms with Crippen molar-refractivity contribution < 1.29 is 9.53 Å². The summed E-state index contributed by atoms with van der Waals surface area (Å²) in [6, 6.07) is 7.94. The van der Waals surface area contributed by atoms with E-state index >= 15 is 0 Å². The lowest BCUT2D eigenvalue weighted by atomic mass is 10.1. The third kappa shape index (κ3) is 3.26. The summed E-state index contributed by atoms with van der Waals surface area (Å²) >= 11 is 7.36. The van der Waals surface area contributed by atoms with Crippen molar-refractivity contribution in [3.05, 3.63) is 35.2 Å². The molecule has 0 aliphatic rings. The Kier molecular flexibility index (Phi) is 5.19. The molecule has 0 saturated carbocycles. The topological polar surface area (TPSA) is 29.5 Å². The number of carbonyl (C=O) groups excluding carboxylic acids is 1. The molecule has 3 nitrogen and oxygen atoms in total. The first-order valence-electron chi connectivity index (χ1n) is 6.08. The van der Waals surface area contributed by atoms with Gasteiger partial charge < -0.3 is 9.64 Å². The molecule has 0 aliphatic carbocycles. The highest BCUT2D eigenvalue weighted by atomic mass is 35.5. The van der Waals surface area contributed by atoms with Crippen LogP contribution in [0.25, 0.3) is 10.1 Å². The van der Waals surface area contributed by atoms with Gasteiger partial charge in [0.05, 0.1) is 12.2 Å². The molecule has 2 rings (SSSR count). The van der Waals surface area contributed by atoms with E-state index in [9.17, 15) is 4.79 Å². The molecule has 1 amide bonds. The summed E-state index contributed by atoms with van der Waals surface area (Å²) < 4.78 is 6.17. The molecule has 0 radical (unpaired) electrons. The van der Waals surface area contributed by atoms with Crippen molar-refractivity contribution in [2.75, 3.05) is 32.7 Å². The van der Waals surface area contributed by atoms with Gasteiger partial charge in [-0.25, -0.2) is 0 Å². The second-order valence-electron chi connectivity index (χ2n) is 4.12. The van der Waals surface area contributed by atoms with Gasteiger partial charge in [0, 0.05) is 41.5 Å². The summed E-state index contributed by atoms with van der Waals surface area (Å²) in [5.41, 5.74) is 0.752. The highest BCUT2D eigenvalue weighted by Crippen LogP contribution is 2.26. The van der Waals surface area contributed by atoms with Gasteiger partial charge in [-0.1, -0.05) is 18.2 Å². The number of ether oxygens (including phenoxy) is 1. The van der Waals surface area contributed by atoms with Crippen molar-refractivity contribution in [1.29, 1.82) is 0 Å². The highest BCUT2D eigenvalue weighted by Gasteiger charge is 2.18. The number of carbonyl (C=O) groups is 1. The minimum absolute atomic E-state index is 0.0233. The lowest BCUT2D eigenvalue weighted by molar-refractivity contribution is 0.0710. The maximum atomic E-state index is 12.5. The summed E-state index contributed by atoms with van der Waals surface area (Å²) in [6.07, 6.45) is 0. The Morgan fingerprint density at radius 2 is 2.16 bits per heavy atom. The third-order valence-electron chi connectivity index (χ3n) is 2.92. The van der Waals surface area contributed by atoms with Crippen LogP contribution in [0.3, 0.4) is 0 Å². The fourth-order valence-corrected chi connectivity index (χ4v) is 3.07. The van der Waals surface area contributed by atoms with E-state index in [4.69, 9.17) is 16.3 Å². The number of hydrogen-bond acceptors (Lipinski definition) is 3. The van der Waals surface area contributed by atoms with Crippen molar-refractivity contribution >= 4 is 38.9 Å². The van der Waals surface area contributed by atoms with Crippen molar-refractivity contribution in [2.45, 2.75) is 0 Å². The summed E-state index contributed by atoms with van der Waals surface area (Å²) in [5.74, 6) is 0.451. The number of hydrogen-bond donors (Lipinski definition) is 0. The number of nitrogens with zero attached hydrogens (tertiary/aromatic N) is 1. The van der Waals surface area contributed by atoms with Crippen LogP contribution in [0.5, 0.6) is 0 Å². The Bertz CT molecular complexity index is 555. The Hall–Kier alpha value is -1.10. The molecule has 1 heterocycles. The van der Waals surface area contributed by atoms with Crippen LogP contribution in [0.15, 0.2) is 29.6 Å². The zero-order valence-corrected chi connectivity index (χ0v) is 12.3. The van der Waals surface area contributed by atoms with E-state index in [1.165, 1.54) is 0 Å². The van der Waals surface area contributed by atoms with E-state index in [0.29, 0.717) is 25.6 Å². The Morgan fingerprint density at radius 1 is 1.37 bits per heavy atom. The zero-order valence-electron chi connectivity index (χ0n) is 10.8. The first-order chi connectivity index (χ1) is 9.27. The summed E-state index contributed by atoms with van der Waals surface area (Å²) in [5, 5.41) is 2.93. The molecule has 0 atom stereocenters. The van der Waals surface area contributed by atoms with Gasteiger partial charge in [-0.3, -0.25) is 4.79 Å².